The van der Waals surface area contributed by atoms with E-state index in [1.807, 2.05) is 43.3 Å². The van der Waals surface area contributed by atoms with E-state index in [1.165, 1.54) is 0 Å². The minimum Gasteiger partial charge on any atom is -0.460 e. The summed E-state index contributed by atoms with van der Waals surface area (Å²) in [7, 11) is 0. The van der Waals surface area contributed by atoms with Crippen molar-refractivity contribution in [2.45, 2.75) is 13.5 Å². The molecule has 0 radical (unpaired) electrons. The van der Waals surface area contributed by atoms with E-state index >= 15 is 0 Å². The van der Waals surface area contributed by atoms with Gasteiger partial charge in [-0.2, -0.15) is 0 Å². The molecule has 0 bridgehead atoms. The first-order chi connectivity index (χ1) is 11.5. The van der Waals surface area contributed by atoms with Crippen LogP contribution < -0.4 is 10.9 Å². The molecule has 1 heterocycles. The molecule has 0 aliphatic rings. The second-order valence-corrected chi connectivity index (χ2v) is 6.53. The van der Waals surface area contributed by atoms with Crippen LogP contribution in [0.1, 0.15) is 11.3 Å². The molecule has 0 saturated heterocycles. The Morgan fingerprint density at radius 3 is 2.58 bits per heavy atom. The molecule has 0 unspecified atom stereocenters. The quantitative estimate of drug-likeness (QED) is 0.507. The third kappa shape index (κ3) is 3.87. The van der Waals surface area contributed by atoms with Crippen molar-refractivity contribution in [3.8, 4) is 11.3 Å². The van der Waals surface area contributed by atoms with Crippen LogP contribution in [0, 0.1) is 6.92 Å². The van der Waals surface area contributed by atoms with Gasteiger partial charge in [0.25, 0.3) is 0 Å². The Bertz CT molecular complexity index is 861. The molecular formula is C18H15Cl3N2O. The van der Waals surface area contributed by atoms with Crippen LogP contribution in [0.2, 0.25) is 15.1 Å². The Balaban J connectivity index is 1.65. The van der Waals surface area contributed by atoms with Crippen LogP contribution >= 0.6 is 34.8 Å². The summed E-state index contributed by atoms with van der Waals surface area (Å²) in [5, 5.41) is 1.88. The minimum absolute atomic E-state index is 0.511. The van der Waals surface area contributed by atoms with Gasteiger partial charge in [0.2, 0.25) is 0 Å². The molecule has 0 spiro atoms. The first-order valence-electron chi connectivity index (χ1n) is 7.33. The summed E-state index contributed by atoms with van der Waals surface area (Å²) in [6, 6.07) is 14.8. The Hall–Kier alpha value is -1.65. The van der Waals surface area contributed by atoms with E-state index in [1.54, 1.807) is 12.1 Å². The molecule has 0 aliphatic carbocycles. The number of halogens is 3. The van der Waals surface area contributed by atoms with Gasteiger partial charge in [0.05, 0.1) is 17.3 Å². The molecular weight excluding hydrogens is 367 g/mol. The lowest BCUT2D eigenvalue weighted by atomic mass is 10.2. The van der Waals surface area contributed by atoms with Crippen molar-refractivity contribution in [2.24, 2.45) is 0 Å². The van der Waals surface area contributed by atoms with Crippen LogP contribution in [0.25, 0.3) is 11.3 Å². The lowest BCUT2D eigenvalue weighted by Gasteiger charge is -2.10. The van der Waals surface area contributed by atoms with Gasteiger partial charge in [-0.15, -0.1) is 0 Å². The van der Waals surface area contributed by atoms with Crippen molar-refractivity contribution in [1.82, 2.24) is 5.43 Å². The summed E-state index contributed by atoms with van der Waals surface area (Å²) in [6.07, 6.45) is 0. The maximum absolute atomic E-state index is 6.21. The lowest BCUT2D eigenvalue weighted by Crippen LogP contribution is -2.21. The predicted molar refractivity (Wildman–Crippen MR) is 101 cm³/mol. The number of nitrogens with one attached hydrogen (secondary N) is 2. The van der Waals surface area contributed by atoms with E-state index in [9.17, 15) is 0 Å². The fourth-order valence-corrected chi connectivity index (χ4v) is 2.95. The zero-order valence-corrected chi connectivity index (χ0v) is 15.1. The van der Waals surface area contributed by atoms with E-state index in [4.69, 9.17) is 39.2 Å². The fourth-order valence-electron chi connectivity index (χ4n) is 2.28. The number of furan rings is 1. The highest BCUT2D eigenvalue weighted by atomic mass is 35.5. The Morgan fingerprint density at radius 1 is 0.958 bits per heavy atom. The molecule has 0 fully saturated rings. The largest absolute Gasteiger partial charge is 0.460 e. The number of rotatable bonds is 5. The van der Waals surface area contributed by atoms with E-state index in [0.29, 0.717) is 22.4 Å². The normalized spacial score (nSPS) is 10.8. The van der Waals surface area contributed by atoms with Crippen molar-refractivity contribution >= 4 is 40.5 Å². The second-order valence-electron chi connectivity index (χ2n) is 5.28. The van der Waals surface area contributed by atoms with Gasteiger partial charge < -0.3 is 9.84 Å². The van der Waals surface area contributed by atoms with Crippen LogP contribution in [0.4, 0.5) is 5.69 Å². The van der Waals surface area contributed by atoms with E-state index in [0.717, 1.165) is 27.6 Å². The first kappa shape index (κ1) is 17.2. The number of hydrogen-bond donors (Lipinski definition) is 2. The fraction of sp³-hybridized carbons (Fsp3) is 0.111. The molecule has 3 rings (SSSR count). The van der Waals surface area contributed by atoms with E-state index in [2.05, 4.69) is 10.9 Å². The maximum Gasteiger partial charge on any atom is 0.135 e. The SMILES string of the molecule is Cc1c(Cl)cccc1NNCc1ccc(-c2ccc(Cl)cc2Cl)o1. The summed E-state index contributed by atoms with van der Waals surface area (Å²) in [4.78, 5) is 0. The van der Waals surface area contributed by atoms with Crippen molar-refractivity contribution in [2.75, 3.05) is 5.43 Å². The van der Waals surface area contributed by atoms with Crippen molar-refractivity contribution in [1.29, 1.82) is 0 Å². The third-order valence-electron chi connectivity index (χ3n) is 3.61. The Kier molecular flexibility index (Phi) is 5.36. The molecule has 3 nitrogen and oxygen atoms in total. The predicted octanol–water partition coefficient (Wildman–Crippen LogP) is 6.33. The molecule has 1 aromatic heterocycles. The zero-order chi connectivity index (χ0) is 17.1. The van der Waals surface area contributed by atoms with Gasteiger partial charge in [-0.1, -0.05) is 40.9 Å². The van der Waals surface area contributed by atoms with Crippen LogP contribution in [0.15, 0.2) is 52.9 Å². The summed E-state index contributed by atoms with van der Waals surface area (Å²) in [6.45, 7) is 2.47. The smallest absolute Gasteiger partial charge is 0.135 e. The highest BCUT2D eigenvalue weighted by Crippen LogP contribution is 2.31. The van der Waals surface area contributed by atoms with Gasteiger partial charge in [-0.05, 0) is 55.0 Å². The lowest BCUT2D eigenvalue weighted by molar-refractivity contribution is 0.506. The van der Waals surface area contributed by atoms with Gasteiger partial charge in [0.1, 0.15) is 11.5 Å². The molecule has 6 heteroatoms. The standard InChI is InChI=1S/C18H15Cl3N2O/c1-11-15(20)3-2-4-17(11)23-22-10-13-6-8-18(24-13)14-7-5-12(19)9-16(14)21/h2-9,22-23H,10H2,1H3. The number of hydrazine groups is 1. The van der Waals surface area contributed by atoms with Crippen molar-refractivity contribution in [3.63, 3.8) is 0 Å². The molecule has 0 atom stereocenters. The van der Waals surface area contributed by atoms with Gasteiger partial charge >= 0.3 is 0 Å². The zero-order valence-electron chi connectivity index (χ0n) is 12.9. The second kappa shape index (κ2) is 7.49. The molecule has 24 heavy (non-hydrogen) atoms. The van der Waals surface area contributed by atoms with Crippen molar-refractivity contribution in [3.05, 3.63) is 74.9 Å². The number of benzene rings is 2. The molecule has 0 amide bonds. The molecule has 2 aromatic carbocycles. The Labute approximate surface area is 155 Å². The molecule has 124 valence electrons. The van der Waals surface area contributed by atoms with Crippen LogP contribution in [0.3, 0.4) is 0 Å². The Morgan fingerprint density at radius 2 is 1.79 bits per heavy atom. The van der Waals surface area contributed by atoms with Gasteiger partial charge in [-0.25, -0.2) is 5.43 Å². The average molecular weight is 382 g/mol. The summed E-state index contributed by atoms with van der Waals surface area (Å²) in [5.41, 5.74) is 8.97. The number of anilines is 1. The summed E-state index contributed by atoms with van der Waals surface area (Å²) >= 11 is 18.2. The van der Waals surface area contributed by atoms with Crippen LogP contribution in [0.5, 0.6) is 0 Å². The van der Waals surface area contributed by atoms with Crippen LogP contribution in [-0.4, -0.2) is 0 Å². The summed E-state index contributed by atoms with van der Waals surface area (Å²) in [5.74, 6) is 1.48. The van der Waals surface area contributed by atoms with Crippen LogP contribution in [-0.2, 0) is 6.54 Å². The minimum atomic E-state index is 0.511. The summed E-state index contributed by atoms with van der Waals surface area (Å²) < 4.78 is 5.83. The van der Waals surface area contributed by atoms with Gasteiger partial charge in [-0.3, -0.25) is 0 Å². The molecule has 3 aromatic rings. The first-order valence-corrected chi connectivity index (χ1v) is 8.46. The molecule has 2 N–H and O–H groups in total. The highest BCUT2D eigenvalue weighted by molar-refractivity contribution is 6.36. The van der Waals surface area contributed by atoms with E-state index < -0.39 is 0 Å². The van der Waals surface area contributed by atoms with E-state index in [-0.39, 0.29) is 0 Å². The maximum atomic E-state index is 6.21. The van der Waals surface area contributed by atoms with Gasteiger partial charge in [0, 0.05) is 15.6 Å². The van der Waals surface area contributed by atoms with Crippen molar-refractivity contribution < 1.29 is 4.42 Å². The third-order valence-corrected chi connectivity index (χ3v) is 4.57. The van der Waals surface area contributed by atoms with Gasteiger partial charge in [0.15, 0.2) is 0 Å². The molecule has 0 saturated carbocycles. The number of hydrogen-bond acceptors (Lipinski definition) is 3. The topological polar surface area (TPSA) is 37.2 Å². The average Bonchev–Trinajstić information content (AvgIpc) is 3.00. The highest BCUT2D eigenvalue weighted by Gasteiger charge is 2.09. The monoisotopic (exact) mass is 380 g/mol. The molecule has 0 aliphatic heterocycles.